The minimum atomic E-state index is -0.241. The average molecular weight is 168 g/mol. The number of carbonyl (C=O) groups is 1. The van der Waals surface area contributed by atoms with Gasteiger partial charge in [0.2, 0.25) is 0 Å². The van der Waals surface area contributed by atoms with Crippen molar-refractivity contribution in [1.82, 2.24) is 0 Å². The number of carbonyl (C=O) groups excluding carboxylic acids is 1. The van der Waals surface area contributed by atoms with Crippen molar-refractivity contribution in [1.29, 1.82) is 0 Å². The lowest BCUT2D eigenvalue weighted by molar-refractivity contribution is -0.137. The molecule has 0 aliphatic rings. The van der Waals surface area contributed by atoms with Crippen LogP contribution in [0.15, 0.2) is 23.3 Å². The standard InChI is InChI=1S/C10H16O2/c1-5-9(4)10(11)12-7-6-8(2)3/h5-6H,7H2,1-4H3. The Hall–Kier alpha value is -1.05. The molecule has 0 saturated carbocycles. The molecule has 2 heteroatoms. The van der Waals surface area contributed by atoms with E-state index in [2.05, 4.69) is 0 Å². The van der Waals surface area contributed by atoms with Gasteiger partial charge in [-0.2, -0.15) is 0 Å². The average Bonchev–Trinajstić information content (AvgIpc) is 2.02. The molecule has 0 aliphatic heterocycles. The lowest BCUT2D eigenvalue weighted by Crippen LogP contribution is -2.05. The summed E-state index contributed by atoms with van der Waals surface area (Å²) in [6, 6.07) is 0. The summed E-state index contributed by atoms with van der Waals surface area (Å²) >= 11 is 0. The van der Waals surface area contributed by atoms with E-state index in [-0.39, 0.29) is 5.97 Å². The van der Waals surface area contributed by atoms with Gasteiger partial charge in [0.25, 0.3) is 0 Å². The predicted molar refractivity (Wildman–Crippen MR) is 49.8 cm³/mol. The van der Waals surface area contributed by atoms with Gasteiger partial charge in [-0.15, -0.1) is 0 Å². The Bertz CT molecular complexity index is 208. The molecule has 2 nitrogen and oxygen atoms in total. The van der Waals surface area contributed by atoms with Gasteiger partial charge in [-0.25, -0.2) is 4.79 Å². The van der Waals surface area contributed by atoms with E-state index < -0.39 is 0 Å². The Morgan fingerprint density at radius 1 is 1.33 bits per heavy atom. The smallest absolute Gasteiger partial charge is 0.333 e. The Balaban J connectivity index is 3.81. The van der Waals surface area contributed by atoms with Crippen molar-refractivity contribution in [2.24, 2.45) is 0 Å². The van der Waals surface area contributed by atoms with Crippen molar-refractivity contribution < 1.29 is 9.53 Å². The molecule has 0 fully saturated rings. The lowest BCUT2D eigenvalue weighted by Gasteiger charge is -2.00. The van der Waals surface area contributed by atoms with E-state index in [4.69, 9.17) is 4.74 Å². The van der Waals surface area contributed by atoms with Crippen LogP contribution in [0.3, 0.4) is 0 Å². The van der Waals surface area contributed by atoms with Crippen LogP contribution in [0, 0.1) is 0 Å². The van der Waals surface area contributed by atoms with Crippen molar-refractivity contribution >= 4 is 5.97 Å². The Morgan fingerprint density at radius 3 is 2.33 bits per heavy atom. The highest BCUT2D eigenvalue weighted by Gasteiger charge is 2.01. The third kappa shape index (κ3) is 4.72. The second-order valence-electron chi connectivity index (χ2n) is 2.85. The number of allylic oxidation sites excluding steroid dienone is 2. The Morgan fingerprint density at radius 2 is 1.92 bits per heavy atom. The molecule has 68 valence electrons. The molecule has 0 saturated heterocycles. The Kier molecular flexibility index (Phi) is 5.09. The first-order chi connectivity index (χ1) is 5.57. The van der Waals surface area contributed by atoms with Crippen LogP contribution in [0.4, 0.5) is 0 Å². The number of ether oxygens (including phenoxy) is 1. The fourth-order valence-electron chi connectivity index (χ4n) is 0.516. The van der Waals surface area contributed by atoms with Gasteiger partial charge >= 0.3 is 5.97 Å². The molecule has 0 aromatic heterocycles. The third-order valence-electron chi connectivity index (χ3n) is 1.46. The fourth-order valence-corrected chi connectivity index (χ4v) is 0.516. The number of rotatable bonds is 3. The predicted octanol–water partition coefficient (Wildman–Crippen LogP) is 2.46. The van der Waals surface area contributed by atoms with Crippen LogP contribution in [0.25, 0.3) is 0 Å². The molecule has 0 heterocycles. The van der Waals surface area contributed by atoms with Gasteiger partial charge in [0.1, 0.15) is 6.61 Å². The molecule has 0 amide bonds. The normalized spacial score (nSPS) is 10.8. The molecule has 0 rings (SSSR count). The van der Waals surface area contributed by atoms with Crippen LogP contribution >= 0.6 is 0 Å². The zero-order chi connectivity index (χ0) is 9.56. The summed E-state index contributed by atoms with van der Waals surface area (Å²) in [6.45, 7) is 7.86. The summed E-state index contributed by atoms with van der Waals surface area (Å²) in [7, 11) is 0. The summed E-state index contributed by atoms with van der Waals surface area (Å²) in [5.41, 5.74) is 1.80. The number of hydrogen-bond donors (Lipinski definition) is 0. The fraction of sp³-hybridized carbons (Fsp3) is 0.500. The highest BCUT2D eigenvalue weighted by molar-refractivity contribution is 5.87. The van der Waals surface area contributed by atoms with Gasteiger partial charge < -0.3 is 4.74 Å². The molecule has 0 aromatic carbocycles. The first kappa shape index (κ1) is 11.0. The minimum absolute atomic E-state index is 0.241. The molecule has 0 atom stereocenters. The largest absolute Gasteiger partial charge is 0.458 e. The van der Waals surface area contributed by atoms with E-state index in [9.17, 15) is 4.79 Å². The summed E-state index contributed by atoms with van der Waals surface area (Å²) < 4.78 is 4.92. The van der Waals surface area contributed by atoms with E-state index in [1.807, 2.05) is 26.8 Å². The van der Waals surface area contributed by atoms with E-state index in [1.165, 1.54) is 0 Å². The maximum atomic E-state index is 11.0. The van der Waals surface area contributed by atoms with E-state index in [0.717, 1.165) is 5.57 Å². The summed E-state index contributed by atoms with van der Waals surface area (Å²) in [6.07, 6.45) is 3.62. The molecule has 0 radical (unpaired) electrons. The molecular weight excluding hydrogens is 152 g/mol. The van der Waals surface area contributed by atoms with E-state index >= 15 is 0 Å². The molecule has 0 N–H and O–H groups in total. The van der Waals surface area contributed by atoms with Crippen LogP contribution in [-0.2, 0) is 9.53 Å². The van der Waals surface area contributed by atoms with Crippen LogP contribution in [0.5, 0.6) is 0 Å². The van der Waals surface area contributed by atoms with E-state index in [0.29, 0.717) is 12.2 Å². The van der Waals surface area contributed by atoms with Crippen LogP contribution in [0.1, 0.15) is 27.7 Å². The van der Waals surface area contributed by atoms with Crippen molar-refractivity contribution in [3.05, 3.63) is 23.3 Å². The maximum absolute atomic E-state index is 11.0. The monoisotopic (exact) mass is 168 g/mol. The first-order valence-electron chi connectivity index (χ1n) is 4.01. The molecule has 0 spiro atoms. The molecular formula is C10H16O2. The van der Waals surface area contributed by atoms with Gasteiger partial charge in [0, 0.05) is 5.57 Å². The quantitative estimate of drug-likeness (QED) is 0.367. The topological polar surface area (TPSA) is 26.3 Å². The molecule has 0 unspecified atom stereocenters. The SMILES string of the molecule is CC=C(C)C(=O)OCC=C(C)C. The summed E-state index contributed by atoms with van der Waals surface area (Å²) in [4.78, 5) is 11.0. The number of hydrogen-bond acceptors (Lipinski definition) is 2. The molecule has 0 aromatic rings. The zero-order valence-corrected chi connectivity index (χ0v) is 8.18. The summed E-state index contributed by atoms with van der Waals surface area (Å²) in [5.74, 6) is -0.241. The minimum Gasteiger partial charge on any atom is -0.458 e. The van der Waals surface area contributed by atoms with Crippen LogP contribution in [-0.4, -0.2) is 12.6 Å². The van der Waals surface area contributed by atoms with Crippen LogP contribution in [0.2, 0.25) is 0 Å². The van der Waals surface area contributed by atoms with Crippen molar-refractivity contribution in [3.63, 3.8) is 0 Å². The third-order valence-corrected chi connectivity index (χ3v) is 1.46. The van der Waals surface area contributed by atoms with Gasteiger partial charge in [-0.3, -0.25) is 0 Å². The van der Waals surface area contributed by atoms with Gasteiger partial charge in [0.15, 0.2) is 0 Å². The highest BCUT2D eigenvalue weighted by atomic mass is 16.5. The van der Waals surface area contributed by atoms with Crippen molar-refractivity contribution in [2.45, 2.75) is 27.7 Å². The Labute approximate surface area is 73.9 Å². The zero-order valence-electron chi connectivity index (χ0n) is 8.18. The van der Waals surface area contributed by atoms with Crippen molar-refractivity contribution in [3.8, 4) is 0 Å². The lowest BCUT2D eigenvalue weighted by atomic mass is 10.3. The highest BCUT2D eigenvalue weighted by Crippen LogP contribution is 1.96. The molecule has 12 heavy (non-hydrogen) atoms. The molecule has 0 bridgehead atoms. The summed E-state index contributed by atoms with van der Waals surface area (Å²) in [5, 5.41) is 0. The second-order valence-corrected chi connectivity index (χ2v) is 2.85. The second kappa shape index (κ2) is 5.58. The van der Waals surface area contributed by atoms with Gasteiger partial charge in [-0.05, 0) is 33.8 Å². The van der Waals surface area contributed by atoms with Crippen molar-refractivity contribution in [2.75, 3.05) is 6.61 Å². The van der Waals surface area contributed by atoms with E-state index in [1.54, 1.807) is 13.0 Å². The number of esters is 1. The van der Waals surface area contributed by atoms with Gasteiger partial charge in [-0.1, -0.05) is 11.6 Å². The van der Waals surface area contributed by atoms with Crippen LogP contribution < -0.4 is 0 Å². The van der Waals surface area contributed by atoms with Gasteiger partial charge in [0.05, 0.1) is 0 Å². The first-order valence-corrected chi connectivity index (χ1v) is 4.01. The maximum Gasteiger partial charge on any atom is 0.333 e. The molecule has 0 aliphatic carbocycles.